The molecule has 28 heavy (non-hydrogen) atoms. The highest BCUT2D eigenvalue weighted by atomic mass is 32.2. The van der Waals surface area contributed by atoms with Gasteiger partial charge in [-0.2, -0.15) is 4.98 Å². The molecule has 0 saturated carbocycles. The van der Waals surface area contributed by atoms with Crippen molar-refractivity contribution in [2.24, 2.45) is 0 Å². The standard InChI is InChI=1S/C21H18FN3O2S/c1-3-10-25-12-17(19(26)16-11-14(22)6-9-18(16)25)21-23-20(24-27-21)13-4-7-15(28-2)8-5-13/h4-9,11-12H,3,10H2,1-2H3. The highest BCUT2D eigenvalue weighted by Gasteiger charge is 2.17. The summed E-state index contributed by atoms with van der Waals surface area (Å²) in [6.07, 6.45) is 4.58. The Kier molecular flexibility index (Phi) is 5.00. The first kappa shape index (κ1) is 18.4. The number of pyridine rings is 1. The summed E-state index contributed by atoms with van der Waals surface area (Å²) in [7, 11) is 0. The summed E-state index contributed by atoms with van der Waals surface area (Å²) in [4.78, 5) is 18.5. The van der Waals surface area contributed by atoms with Crippen LogP contribution < -0.4 is 5.43 Å². The first-order chi connectivity index (χ1) is 13.6. The van der Waals surface area contributed by atoms with Gasteiger partial charge in [0.25, 0.3) is 5.89 Å². The molecule has 2 aromatic heterocycles. The van der Waals surface area contributed by atoms with Crippen LogP contribution in [0.3, 0.4) is 0 Å². The topological polar surface area (TPSA) is 60.9 Å². The number of hydrogen-bond donors (Lipinski definition) is 0. The number of fused-ring (bicyclic) bond motifs is 1. The average molecular weight is 395 g/mol. The zero-order valence-electron chi connectivity index (χ0n) is 15.5. The minimum atomic E-state index is -0.454. The predicted octanol–water partition coefficient (Wildman–Crippen LogP) is 4.99. The van der Waals surface area contributed by atoms with Gasteiger partial charge < -0.3 is 9.09 Å². The third-order valence-corrected chi connectivity index (χ3v) is 5.25. The van der Waals surface area contributed by atoms with E-state index in [4.69, 9.17) is 4.52 Å². The fraction of sp³-hybridized carbons (Fsp3) is 0.190. The molecule has 0 atom stereocenters. The van der Waals surface area contributed by atoms with E-state index in [0.717, 1.165) is 16.9 Å². The number of aromatic nitrogens is 3. The lowest BCUT2D eigenvalue weighted by Crippen LogP contribution is -2.12. The molecular weight excluding hydrogens is 377 g/mol. The van der Waals surface area contributed by atoms with Gasteiger partial charge in [0.15, 0.2) is 0 Å². The largest absolute Gasteiger partial charge is 0.346 e. The van der Waals surface area contributed by atoms with Gasteiger partial charge in [-0.3, -0.25) is 4.79 Å². The lowest BCUT2D eigenvalue weighted by Gasteiger charge is -2.11. The summed E-state index contributed by atoms with van der Waals surface area (Å²) in [6.45, 7) is 2.72. The summed E-state index contributed by atoms with van der Waals surface area (Å²) >= 11 is 1.65. The van der Waals surface area contributed by atoms with Crippen molar-refractivity contribution in [1.29, 1.82) is 0 Å². The lowest BCUT2D eigenvalue weighted by atomic mass is 10.1. The van der Waals surface area contributed by atoms with Crippen LogP contribution in [0.4, 0.5) is 4.39 Å². The summed E-state index contributed by atoms with van der Waals surface area (Å²) in [6, 6.07) is 12.0. The monoisotopic (exact) mass is 395 g/mol. The van der Waals surface area contributed by atoms with Gasteiger partial charge in [-0.15, -0.1) is 11.8 Å². The molecule has 4 rings (SSSR count). The summed E-state index contributed by atoms with van der Waals surface area (Å²) in [5.74, 6) is 0.0818. The van der Waals surface area contributed by atoms with Gasteiger partial charge in [0, 0.05) is 28.6 Å². The van der Waals surface area contributed by atoms with Crippen LogP contribution in [0.25, 0.3) is 33.7 Å². The lowest BCUT2D eigenvalue weighted by molar-refractivity contribution is 0.431. The molecule has 0 aliphatic carbocycles. The number of rotatable bonds is 5. The molecular formula is C21H18FN3O2S. The Morgan fingerprint density at radius 1 is 1.18 bits per heavy atom. The fourth-order valence-electron chi connectivity index (χ4n) is 3.14. The number of thioether (sulfide) groups is 1. The van der Waals surface area contributed by atoms with E-state index < -0.39 is 5.82 Å². The van der Waals surface area contributed by atoms with E-state index in [2.05, 4.69) is 10.1 Å². The molecule has 142 valence electrons. The Labute approximate surface area is 165 Å². The van der Waals surface area contributed by atoms with Crippen molar-refractivity contribution < 1.29 is 8.91 Å². The second-order valence-corrected chi connectivity index (χ2v) is 7.26. The zero-order chi connectivity index (χ0) is 19.7. The first-order valence-corrected chi connectivity index (χ1v) is 10.1. The maximum Gasteiger partial charge on any atom is 0.263 e. The number of aryl methyl sites for hydroxylation is 1. The molecule has 0 aliphatic heterocycles. The van der Waals surface area contributed by atoms with E-state index in [-0.39, 0.29) is 16.9 Å². The summed E-state index contributed by atoms with van der Waals surface area (Å²) in [5.41, 5.74) is 1.43. The van der Waals surface area contributed by atoms with Crippen molar-refractivity contribution in [3.8, 4) is 22.8 Å². The second kappa shape index (κ2) is 7.59. The van der Waals surface area contributed by atoms with Crippen LogP contribution in [0.2, 0.25) is 0 Å². The molecule has 0 saturated heterocycles. The van der Waals surface area contributed by atoms with Crippen LogP contribution >= 0.6 is 11.8 Å². The quantitative estimate of drug-likeness (QED) is 0.446. The average Bonchev–Trinajstić information content (AvgIpc) is 3.20. The normalized spacial score (nSPS) is 11.2. The fourth-order valence-corrected chi connectivity index (χ4v) is 3.55. The number of hydrogen-bond acceptors (Lipinski definition) is 5. The minimum absolute atomic E-state index is 0.130. The third-order valence-electron chi connectivity index (χ3n) is 4.51. The van der Waals surface area contributed by atoms with Gasteiger partial charge in [0.1, 0.15) is 11.4 Å². The van der Waals surface area contributed by atoms with E-state index in [1.165, 1.54) is 12.1 Å². The Bertz CT molecular complexity index is 1200. The Morgan fingerprint density at radius 2 is 1.96 bits per heavy atom. The van der Waals surface area contributed by atoms with Gasteiger partial charge in [0.2, 0.25) is 11.3 Å². The van der Waals surface area contributed by atoms with Gasteiger partial charge >= 0.3 is 0 Å². The maximum absolute atomic E-state index is 13.8. The van der Waals surface area contributed by atoms with Crippen LogP contribution in [0, 0.1) is 5.82 Å². The Morgan fingerprint density at radius 3 is 2.68 bits per heavy atom. The molecule has 2 aromatic carbocycles. The number of benzene rings is 2. The van der Waals surface area contributed by atoms with Crippen molar-refractivity contribution in [2.45, 2.75) is 24.8 Å². The first-order valence-electron chi connectivity index (χ1n) is 8.92. The molecule has 0 amide bonds. The van der Waals surface area contributed by atoms with Crippen LogP contribution in [0.5, 0.6) is 0 Å². The number of halogens is 1. The highest BCUT2D eigenvalue weighted by molar-refractivity contribution is 7.98. The van der Waals surface area contributed by atoms with E-state index in [1.54, 1.807) is 24.0 Å². The van der Waals surface area contributed by atoms with Crippen LogP contribution in [0.1, 0.15) is 13.3 Å². The van der Waals surface area contributed by atoms with E-state index >= 15 is 0 Å². The van der Waals surface area contributed by atoms with Gasteiger partial charge in [-0.05, 0) is 55.1 Å². The zero-order valence-corrected chi connectivity index (χ0v) is 16.3. The predicted molar refractivity (Wildman–Crippen MR) is 109 cm³/mol. The molecule has 0 N–H and O–H groups in total. The summed E-state index contributed by atoms with van der Waals surface area (Å²) in [5, 5.41) is 4.32. The Balaban J connectivity index is 1.83. The van der Waals surface area contributed by atoms with E-state index in [0.29, 0.717) is 23.3 Å². The summed E-state index contributed by atoms with van der Waals surface area (Å²) < 4.78 is 21.1. The van der Waals surface area contributed by atoms with Crippen molar-refractivity contribution in [3.63, 3.8) is 0 Å². The van der Waals surface area contributed by atoms with Crippen LogP contribution in [0.15, 0.2) is 62.9 Å². The highest BCUT2D eigenvalue weighted by Crippen LogP contribution is 2.24. The Hall–Kier alpha value is -2.93. The molecule has 0 unspecified atom stereocenters. The van der Waals surface area contributed by atoms with Crippen molar-refractivity contribution >= 4 is 22.7 Å². The molecule has 4 aromatic rings. The van der Waals surface area contributed by atoms with Gasteiger partial charge in [-0.1, -0.05) is 12.1 Å². The molecule has 0 aliphatic rings. The SMILES string of the molecule is CCCn1cc(-c2nc(-c3ccc(SC)cc3)no2)c(=O)c2cc(F)ccc21. The molecule has 0 spiro atoms. The van der Waals surface area contributed by atoms with Gasteiger partial charge in [0.05, 0.1) is 5.52 Å². The molecule has 0 radical (unpaired) electrons. The van der Waals surface area contributed by atoms with Crippen LogP contribution in [-0.2, 0) is 6.54 Å². The number of nitrogens with zero attached hydrogens (tertiary/aromatic N) is 3. The van der Waals surface area contributed by atoms with Crippen molar-refractivity contribution in [3.05, 3.63) is 64.7 Å². The molecule has 7 heteroatoms. The van der Waals surface area contributed by atoms with Crippen molar-refractivity contribution in [2.75, 3.05) is 6.26 Å². The van der Waals surface area contributed by atoms with Crippen molar-refractivity contribution in [1.82, 2.24) is 14.7 Å². The van der Waals surface area contributed by atoms with Gasteiger partial charge in [-0.25, -0.2) is 4.39 Å². The molecule has 2 heterocycles. The molecule has 5 nitrogen and oxygen atoms in total. The molecule has 0 bridgehead atoms. The third kappa shape index (κ3) is 3.33. The van der Waals surface area contributed by atoms with Crippen LogP contribution in [-0.4, -0.2) is 21.0 Å². The maximum atomic E-state index is 13.8. The minimum Gasteiger partial charge on any atom is -0.346 e. The smallest absolute Gasteiger partial charge is 0.263 e. The second-order valence-electron chi connectivity index (χ2n) is 6.38. The van der Waals surface area contributed by atoms with E-state index in [9.17, 15) is 9.18 Å². The van der Waals surface area contributed by atoms with E-state index in [1.807, 2.05) is 42.0 Å². The molecule has 0 fully saturated rings.